The summed E-state index contributed by atoms with van der Waals surface area (Å²) in [4.78, 5) is 0. The first-order valence-corrected chi connectivity index (χ1v) is 16.1. The zero-order valence-electron chi connectivity index (χ0n) is 29.1. The summed E-state index contributed by atoms with van der Waals surface area (Å²) in [6.45, 7) is 8.57. The van der Waals surface area contributed by atoms with E-state index in [9.17, 15) is 0 Å². The molecule has 0 N–H and O–H groups in total. The summed E-state index contributed by atoms with van der Waals surface area (Å²) in [6, 6.07) is 25.2. The molecule has 47 heavy (non-hydrogen) atoms. The number of fused-ring (bicyclic) bond motifs is 1. The summed E-state index contributed by atoms with van der Waals surface area (Å²) in [5, 5.41) is 0. The van der Waals surface area contributed by atoms with Gasteiger partial charge >= 0.3 is 0 Å². The second-order valence-electron chi connectivity index (χ2n) is 12.8. The summed E-state index contributed by atoms with van der Waals surface area (Å²) in [5.41, 5.74) is 8.45. The van der Waals surface area contributed by atoms with Gasteiger partial charge in [0.25, 0.3) is 0 Å². The average Bonchev–Trinajstić information content (AvgIpc) is 3.09. The van der Waals surface area contributed by atoms with E-state index in [0.717, 1.165) is 54.2 Å². The first-order chi connectivity index (χ1) is 22.7. The summed E-state index contributed by atoms with van der Waals surface area (Å²) < 4.78 is 37.4. The third-order valence-electron chi connectivity index (χ3n) is 8.92. The van der Waals surface area contributed by atoms with Crippen molar-refractivity contribution in [3.8, 4) is 34.5 Å². The molecule has 0 unspecified atom stereocenters. The van der Waals surface area contributed by atoms with Crippen molar-refractivity contribution in [2.24, 2.45) is 0 Å². The molecular weight excluding hydrogens is 590 g/mol. The van der Waals surface area contributed by atoms with Crippen molar-refractivity contribution in [3.05, 3.63) is 106 Å². The molecule has 1 heterocycles. The minimum Gasteiger partial charge on any atom is -0.493 e. The van der Waals surface area contributed by atoms with Gasteiger partial charge in [0.15, 0.2) is 46.8 Å². The van der Waals surface area contributed by atoms with Gasteiger partial charge in [0.1, 0.15) is 13.2 Å². The highest BCUT2D eigenvalue weighted by Gasteiger charge is 2.29. The molecule has 0 saturated heterocycles. The Morgan fingerprint density at radius 1 is 0.638 bits per heavy atom. The Labute approximate surface area is 279 Å². The van der Waals surface area contributed by atoms with Gasteiger partial charge in [-0.05, 0) is 58.9 Å². The van der Waals surface area contributed by atoms with Gasteiger partial charge in [-0.25, -0.2) is 4.58 Å². The van der Waals surface area contributed by atoms with Gasteiger partial charge in [-0.15, -0.1) is 0 Å². The molecule has 0 atom stereocenters. The zero-order chi connectivity index (χ0) is 33.6. The van der Waals surface area contributed by atoms with Crippen LogP contribution in [0.2, 0.25) is 0 Å². The van der Waals surface area contributed by atoms with Crippen LogP contribution in [0.1, 0.15) is 60.6 Å². The molecule has 4 aromatic rings. The highest BCUT2D eigenvalue weighted by atomic mass is 16.5. The minimum absolute atomic E-state index is 0.121. The molecule has 0 aliphatic carbocycles. The van der Waals surface area contributed by atoms with E-state index in [2.05, 4.69) is 67.8 Å². The maximum Gasteiger partial charge on any atom is 0.184 e. The van der Waals surface area contributed by atoms with Crippen LogP contribution in [0.4, 0.5) is 0 Å². The Bertz CT molecular complexity index is 1720. The molecule has 1 aliphatic rings. The monoisotopic (exact) mass is 638 g/mol. The van der Waals surface area contributed by atoms with Crippen molar-refractivity contribution >= 4 is 5.71 Å². The molecule has 0 spiro atoms. The van der Waals surface area contributed by atoms with Gasteiger partial charge in [-0.1, -0.05) is 63.2 Å². The van der Waals surface area contributed by atoms with Crippen LogP contribution in [-0.4, -0.2) is 52.4 Å². The molecule has 0 fully saturated rings. The second-order valence-corrected chi connectivity index (χ2v) is 12.8. The fourth-order valence-electron chi connectivity index (χ4n) is 6.29. The average molecular weight is 639 g/mol. The number of nitrogens with zero attached hydrogens (tertiary/aromatic N) is 1. The van der Waals surface area contributed by atoms with Gasteiger partial charge in [-0.3, -0.25) is 0 Å². The maximum absolute atomic E-state index is 6.54. The lowest BCUT2D eigenvalue weighted by molar-refractivity contribution is -0.545. The molecule has 7 heteroatoms. The first kappa shape index (κ1) is 33.7. The molecule has 0 radical (unpaired) electrons. The lowest BCUT2D eigenvalue weighted by Crippen LogP contribution is -2.30. The van der Waals surface area contributed by atoms with E-state index in [4.69, 9.17) is 28.4 Å². The Kier molecular flexibility index (Phi) is 10.6. The molecule has 4 aromatic carbocycles. The Hall–Kier alpha value is -4.65. The molecular formula is C40H48NO6+. The fraction of sp³-hybridized carbons (Fsp3) is 0.375. The summed E-state index contributed by atoms with van der Waals surface area (Å²) in [5.74, 6) is 4.23. The molecule has 7 nitrogen and oxygen atoms in total. The third-order valence-corrected chi connectivity index (χ3v) is 8.92. The zero-order valence-corrected chi connectivity index (χ0v) is 29.1. The standard InChI is InChI=1S/C40H48NO6/c1-40(2,3)31-18-15-27(16-19-31)17-20-33-32-24-37(45-7)36(44-6)23-28(32)21-22-41(33)25-29-11-9-14-35(43-5)39(29)47-26-30-12-10-13-34(42-4)38(30)46-8/h9-16,18-19,23-24H,17,20-22,25-26H2,1-8H3/q+1. The smallest absolute Gasteiger partial charge is 0.184 e. The highest BCUT2D eigenvalue weighted by molar-refractivity contribution is 5.99. The predicted molar refractivity (Wildman–Crippen MR) is 187 cm³/mol. The van der Waals surface area contributed by atoms with E-state index in [0.29, 0.717) is 30.4 Å². The Morgan fingerprint density at radius 3 is 1.87 bits per heavy atom. The number of hydrogen-bond donors (Lipinski definition) is 0. The number of benzene rings is 4. The van der Waals surface area contributed by atoms with E-state index >= 15 is 0 Å². The van der Waals surface area contributed by atoms with Gasteiger partial charge in [0.05, 0.1) is 41.1 Å². The van der Waals surface area contributed by atoms with Crippen LogP contribution in [0.25, 0.3) is 0 Å². The van der Waals surface area contributed by atoms with E-state index in [1.54, 1.807) is 35.5 Å². The largest absolute Gasteiger partial charge is 0.493 e. The molecule has 0 bridgehead atoms. The van der Waals surface area contributed by atoms with Gasteiger partial charge in [0.2, 0.25) is 0 Å². The van der Waals surface area contributed by atoms with Crippen molar-refractivity contribution in [2.75, 3.05) is 42.1 Å². The molecule has 248 valence electrons. The Balaban J connectivity index is 1.52. The summed E-state index contributed by atoms with van der Waals surface area (Å²) in [6.07, 6.45) is 2.68. The number of aryl methyl sites for hydroxylation is 1. The van der Waals surface area contributed by atoms with Crippen molar-refractivity contribution < 1.29 is 33.0 Å². The second kappa shape index (κ2) is 14.8. The SMILES string of the molecule is COc1cc2c(cc1OC)C(CCc1ccc(C(C)(C)C)cc1)=[N+](Cc1cccc(OC)c1OCc1cccc(OC)c1OC)CC2. The minimum atomic E-state index is 0.121. The maximum atomic E-state index is 6.54. The number of para-hydroxylation sites is 2. The van der Waals surface area contributed by atoms with Gasteiger partial charge in [-0.2, -0.15) is 0 Å². The highest BCUT2D eigenvalue weighted by Crippen LogP contribution is 2.37. The van der Waals surface area contributed by atoms with Crippen LogP contribution in [0.3, 0.4) is 0 Å². The number of hydrogen-bond acceptors (Lipinski definition) is 6. The first-order valence-electron chi connectivity index (χ1n) is 16.1. The Morgan fingerprint density at radius 2 is 1.26 bits per heavy atom. The molecule has 1 aliphatic heterocycles. The van der Waals surface area contributed by atoms with E-state index in [1.807, 2.05) is 30.3 Å². The quantitative estimate of drug-likeness (QED) is 0.139. The van der Waals surface area contributed by atoms with Gasteiger partial charge in [0, 0.05) is 24.0 Å². The van der Waals surface area contributed by atoms with E-state index in [-0.39, 0.29) is 5.41 Å². The molecule has 0 saturated carbocycles. The lowest BCUT2D eigenvalue weighted by Gasteiger charge is -2.22. The lowest BCUT2D eigenvalue weighted by atomic mass is 9.86. The van der Waals surface area contributed by atoms with Crippen LogP contribution in [0, 0.1) is 0 Å². The molecule has 5 rings (SSSR count). The van der Waals surface area contributed by atoms with Crippen molar-refractivity contribution in [1.29, 1.82) is 0 Å². The van der Waals surface area contributed by atoms with Crippen LogP contribution < -0.4 is 28.4 Å². The van der Waals surface area contributed by atoms with Gasteiger partial charge < -0.3 is 28.4 Å². The van der Waals surface area contributed by atoms with E-state index in [1.165, 1.54) is 28.0 Å². The number of ether oxygens (including phenoxy) is 6. The molecule has 0 amide bonds. The topological polar surface area (TPSA) is 58.4 Å². The van der Waals surface area contributed by atoms with Crippen molar-refractivity contribution in [2.45, 2.75) is 58.6 Å². The van der Waals surface area contributed by atoms with Crippen LogP contribution >= 0.6 is 0 Å². The summed E-state index contributed by atoms with van der Waals surface area (Å²) in [7, 11) is 8.34. The van der Waals surface area contributed by atoms with E-state index < -0.39 is 0 Å². The van der Waals surface area contributed by atoms with Crippen molar-refractivity contribution in [3.63, 3.8) is 0 Å². The normalized spacial score (nSPS) is 12.8. The summed E-state index contributed by atoms with van der Waals surface area (Å²) >= 11 is 0. The third kappa shape index (κ3) is 7.51. The van der Waals surface area contributed by atoms with Crippen LogP contribution in [-0.2, 0) is 31.4 Å². The predicted octanol–water partition coefficient (Wildman–Crippen LogP) is 7.80. The van der Waals surface area contributed by atoms with Crippen LogP contribution in [0.5, 0.6) is 34.5 Å². The number of rotatable bonds is 13. The van der Waals surface area contributed by atoms with Crippen LogP contribution in [0.15, 0.2) is 72.8 Å². The van der Waals surface area contributed by atoms with Crippen molar-refractivity contribution in [1.82, 2.24) is 0 Å². The fourth-order valence-corrected chi connectivity index (χ4v) is 6.29. The molecule has 0 aromatic heterocycles. The number of methoxy groups -OCH3 is 5.